The summed E-state index contributed by atoms with van der Waals surface area (Å²) in [6, 6.07) is 9.03. The number of fused-ring (bicyclic) bond motifs is 1. The van der Waals surface area contributed by atoms with E-state index in [1.807, 2.05) is 18.2 Å². The molecule has 5 rings (SSSR count). The topological polar surface area (TPSA) is 107 Å². The maximum atomic E-state index is 10.6. The van der Waals surface area contributed by atoms with E-state index < -0.39 is 6.10 Å². The fourth-order valence-corrected chi connectivity index (χ4v) is 4.72. The average molecular weight is 545 g/mol. The number of nitrogens with one attached hydrogen (secondary N) is 1. The molecule has 0 spiro atoms. The molecule has 3 aromatic rings. The van der Waals surface area contributed by atoms with Gasteiger partial charge >= 0.3 is 0 Å². The van der Waals surface area contributed by atoms with Crippen molar-refractivity contribution < 1.29 is 28.8 Å². The summed E-state index contributed by atoms with van der Waals surface area (Å²) in [6.07, 6.45) is 2.39. The van der Waals surface area contributed by atoms with Gasteiger partial charge in [0.05, 0.1) is 55.2 Å². The van der Waals surface area contributed by atoms with Crippen LogP contribution in [0.2, 0.25) is 5.02 Å². The summed E-state index contributed by atoms with van der Waals surface area (Å²) < 4.78 is 28.7. The van der Waals surface area contributed by atoms with E-state index in [0.29, 0.717) is 77.7 Å². The Morgan fingerprint density at radius 1 is 1.08 bits per heavy atom. The van der Waals surface area contributed by atoms with Crippen LogP contribution in [0.15, 0.2) is 36.7 Å². The van der Waals surface area contributed by atoms with Crippen molar-refractivity contribution in [1.29, 1.82) is 0 Å². The second kappa shape index (κ2) is 12.8. The number of rotatable bonds is 10. The number of anilines is 2. The van der Waals surface area contributed by atoms with Crippen LogP contribution >= 0.6 is 11.6 Å². The summed E-state index contributed by atoms with van der Waals surface area (Å²) in [7, 11) is 1.60. The van der Waals surface area contributed by atoms with Crippen molar-refractivity contribution in [3.8, 4) is 17.2 Å². The molecule has 0 bridgehead atoms. The van der Waals surface area contributed by atoms with Gasteiger partial charge in [-0.05, 0) is 12.1 Å². The normalized spacial score (nSPS) is 17.8. The molecule has 0 unspecified atom stereocenters. The number of hydrogen-bond acceptors (Lipinski definition) is 10. The lowest BCUT2D eigenvalue weighted by Gasteiger charge is -2.28. The second-order valence-corrected chi connectivity index (χ2v) is 9.72. The molecular weight excluding hydrogens is 512 g/mol. The number of aromatic nitrogens is 2. The standard InChI is InChI=1S/C27H33ClN4O6/c1-34-20-2-3-22(28)23(12-20)31-27-26-24(29-17-30-27)13-21(14-25(26)38-19-4-8-35-9-5-19)37-16-18(33)15-32-6-10-36-11-7-32/h2-3,12-14,17-19,33H,4-11,15-16H2,1H3,(H,29,30,31)/t18-/m1/s1. The molecule has 10 nitrogen and oxygen atoms in total. The molecule has 0 saturated carbocycles. The third kappa shape index (κ3) is 6.75. The quantitative estimate of drug-likeness (QED) is 0.392. The van der Waals surface area contributed by atoms with Gasteiger partial charge in [-0.15, -0.1) is 0 Å². The van der Waals surface area contributed by atoms with Crippen LogP contribution in [-0.4, -0.2) is 92.0 Å². The van der Waals surface area contributed by atoms with Gasteiger partial charge in [-0.2, -0.15) is 0 Å². The number of β-amino-alcohol motifs (C(OH)–C–C–N with tert-alkyl or cyclic N) is 1. The number of hydrogen-bond donors (Lipinski definition) is 2. The highest BCUT2D eigenvalue weighted by atomic mass is 35.5. The number of nitrogens with zero attached hydrogens (tertiary/aromatic N) is 3. The molecule has 3 heterocycles. The van der Waals surface area contributed by atoms with Crippen molar-refractivity contribution in [3.05, 3.63) is 41.7 Å². The zero-order valence-electron chi connectivity index (χ0n) is 21.4. The van der Waals surface area contributed by atoms with E-state index in [9.17, 15) is 5.11 Å². The molecule has 2 aliphatic heterocycles. The van der Waals surface area contributed by atoms with Crippen LogP contribution in [0.1, 0.15) is 12.8 Å². The van der Waals surface area contributed by atoms with E-state index in [0.717, 1.165) is 25.9 Å². The minimum atomic E-state index is -0.638. The van der Waals surface area contributed by atoms with Crippen LogP contribution in [0, 0.1) is 0 Å². The Kier molecular flexibility index (Phi) is 8.98. The summed E-state index contributed by atoms with van der Waals surface area (Å²) in [5.41, 5.74) is 1.29. The third-order valence-corrected chi connectivity index (χ3v) is 6.91. The fraction of sp³-hybridized carbons (Fsp3) is 0.481. The van der Waals surface area contributed by atoms with Crippen LogP contribution in [-0.2, 0) is 9.47 Å². The maximum Gasteiger partial charge on any atom is 0.145 e. The van der Waals surface area contributed by atoms with Gasteiger partial charge in [0.15, 0.2) is 0 Å². The predicted octanol–water partition coefficient (Wildman–Crippen LogP) is 3.67. The Hall–Kier alpha value is -2.89. The van der Waals surface area contributed by atoms with Gasteiger partial charge in [0, 0.05) is 50.7 Å². The molecule has 1 aromatic heterocycles. The zero-order chi connectivity index (χ0) is 26.3. The highest BCUT2D eigenvalue weighted by molar-refractivity contribution is 6.33. The number of ether oxygens (including phenoxy) is 5. The Morgan fingerprint density at radius 3 is 2.66 bits per heavy atom. The number of halogens is 1. The van der Waals surface area contributed by atoms with Crippen molar-refractivity contribution in [1.82, 2.24) is 14.9 Å². The average Bonchev–Trinajstić information content (AvgIpc) is 2.94. The van der Waals surface area contributed by atoms with Crippen molar-refractivity contribution in [2.75, 3.05) is 65.1 Å². The minimum Gasteiger partial charge on any atom is -0.497 e. The smallest absolute Gasteiger partial charge is 0.145 e. The lowest BCUT2D eigenvalue weighted by molar-refractivity contribution is 0.00455. The van der Waals surface area contributed by atoms with Crippen LogP contribution < -0.4 is 19.5 Å². The van der Waals surface area contributed by atoms with Gasteiger partial charge in [0.1, 0.15) is 48.2 Å². The van der Waals surface area contributed by atoms with Gasteiger partial charge in [0.25, 0.3) is 0 Å². The summed E-state index contributed by atoms with van der Waals surface area (Å²) in [5.74, 6) is 2.37. The first kappa shape index (κ1) is 26.7. The first-order valence-corrected chi connectivity index (χ1v) is 13.2. The zero-order valence-corrected chi connectivity index (χ0v) is 22.2. The second-order valence-electron chi connectivity index (χ2n) is 9.32. The third-order valence-electron chi connectivity index (χ3n) is 6.58. The first-order valence-electron chi connectivity index (χ1n) is 12.8. The SMILES string of the molecule is COc1ccc(Cl)c(Nc2ncnc3cc(OC[C@H](O)CN4CCOCC4)cc(OC4CCOCC4)c23)c1. The van der Waals surface area contributed by atoms with E-state index in [1.165, 1.54) is 6.33 Å². The van der Waals surface area contributed by atoms with E-state index in [4.69, 9.17) is 35.3 Å². The highest BCUT2D eigenvalue weighted by Gasteiger charge is 2.21. The molecule has 11 heteroatoms. The lowest BCUT2D eigenvalue weighted by Crippen LogP contribution is -2.42. The van der Waals surface area contributed by atoms with Gasteiger partial charge in [-0.25, -0.2) is 9.97 Å². The summed E-state index contributed by atoms with van der Waals surface area (Å²) >= 11 is 6.45. The van der Waals surface area contributed by atoms with Gasteiger partial charge < -0.3 is 34.1 Å². The number of aliphatic hydroxyl groups is 1. The van der Waals surface area contributed by atoms with Crippen molar-refractivity contribution in [2.45, 2.75) is 25.0 Å². The highest BCUT2D eigenvalue weighted by Crippen LogP contribution is 2.38. The van der Waals surface area contributed by atoms with Crippen molar-refractivity contribution >= 4 is 34.0 Å². The van der Waals surface area contributed by atoms with Crippen molar-refractivity contribution in [2.24, 2.45) is 0 Å². The molecule has 2 aliphatic rings. The molecule has 0 amide bonds. The predicted molar refractivity (Wildman–Crippen MR) is 144 cm³/mol. The molecule has 2 aromatic carbocycles. The van der Waals surface area contributed by atoms with Crippen LogP contribution in [0.4, 0.5) is 11.5 Å². The van der Waals surface area contributed by atoms with Gasteiger partial charge in [-0.1, -0.05) is 11.6 Å². The van der Waals surface area contributed by atoms with E-state index in [-0.39, 0.29) is 12.7 Å². The molecule has 2 N–H and O–H groups in total. The molecule has 0 aliphatic carbocycles. The molecular formula is C27H33ClN4O6. The molecule has 204 valence electrons. The van der Waals surface area contributed by atoms with Crippen LogP contribution in [0.25, 0.3) is 10.9 Å². The summed E-state index contributed by atoms with van der Waals surface area (Å²) in [5, 5.41) is 15.1. The van der Waals surface area contributed by atoms with Gasteiger partial charge in [-0.3, -0.25) is 4.90 Å². The fourth-order valence-electron chi connectivity index (χ4n) is 4.56. The molecule has 1 atom stereocenters. The molecule has 0 radical (unpaired) electrons. The molecule has 38 heavy (non-hydrogen) atoms. The van der Waals surface area contributed by atoms with E-state index in [1.54, 1.807) is 19.2 Å². The van der Waals surface area contributed by atoms with Crippen molar-refractivity contribution in [3.63, 3.8) is 0 Å². The number of morpholine rings is 1. The lowest BCUT2D eigenvalue weighted by atomic mass is 10.1. The summed E-state index contributed by atoms with van der Waals surface area (Å²) in [6.45, 7) is 4.95. The van der Waals surface area contributed by atoms with Crippen LogP contribution in [0.3, 0.4) is 0 Å². The Balaban J connectivity index is 1.41. The Labute approximate surface area is 226 Å². The largest absolute Gasteiger partial charge is 0.497 e. The Bertz CT molecular complexity index is 1220. The Morgan fingerprint density at radius 2 is 1.87 bits per heavy atom. The van der Waals surface area contributed by atoms with E-state index in [2.05, 4.69) is 20.2 Å². The number of benzene rings is 2. The minimum absolute atomic E-state index is 0.0115. The summed E-state index contributed by atoms with van der Waals surface area (Å²) in [4.78, 5) is 11.2. The van der Waals surface area contributed by atoms with Gasteiger partial charge in [0.2, 0.25) is 0 Å². The maximum absolute atomic E-state index is 10.6. The number of aliphatic hydroxyl groups excluding tert-OH is 1. The number of methoxy groups -OCH3 is 1. The molecule has 2 saturated heterocycles. The van der Waals surface area contributed by atoms with Crippen LogP contribution in [0.5, 0.6) is 17.2 Å². The van der Waals surface area contributed by atoms with E-state index >= 15 is 0 Å². The molecule has 2 fully saturated rings. The monoisotopic (exact) mass is 544 g/mol. The first-order chi connectivity index (χ1) is 18.6.